The Bertz CT molecular complexity index is 607. The van der Waals surface area contributed by atoms with E-state index < -0.39 is 0 Å². The molecule has 0 aliphatic heterocycles. The molecule has 0 saturated carbocycles. The monoisotopic (exact) mass is 393 g/mol. The van der Waals surface area contributed by atoms with Crippen LogP contribution in [-0.2, 0) is 6.42 Å². The van der Waals surface area contributed by atoms with E-state index in [0.717, 1.165) is 4.47 Å². The lowest BCUT2D eigenvalue weighted by molar-refractivity contribution is 0.465. The van der Waals surface area contributed by atoms with Crippen LogP contribution in [0.1, 0.15) is 42.1 Å². The number of aryl methyl sites for hydroxylation is 1. The van der Waals surface area contributed by atoms with E-state index in [-0.39, 0.29) is 0 Å². The summed E-state index contributed by atoms with van der Waals surface area (Å²) in [4.78, 5) is 0. The molecular weight excluding hydrogens is 378 g/mol. The molecule has 20 heavy (non-hydrogen) atoms. The van der Waals surface area contributed by atoms with Crippen molar-refractivity contribution in [2.24, 2.45) is 0 Å². The third-order valence-corrected chi connectivity index (χ3v) is 5.03. The lowest BCUT2D eigenvalue weighted by atomic mass is 10.0. The molecule has 0 bridgehead atoms. The van der Waals surface area contributed by atoms with Crippen molar-refractivity contribution in [2.75, 3.05) is 0 Å². The molecule has 1 nitrogen and oxygen atoms in total. The van der Waals surface area contributed by atoms with E-state index in [4.69, 9.17) is 0 Å². The van der Waals surface area contributed by atoms with Crippen LogP contribution in [0.25, 0.3) is 0 Å². The molecule has 2 atom stereocenters. The Morgan fingerprint density at radius 1 is 1.05 bits per heavy atom. The van der Waals surface area contributed by atoms with Crippen LogP contribution in [0.3, 0.4) is 0 Å². The molecule has 0 radical (unpaired) electrons. The molecule has 3 heteroatoms. The van der Waals surface area contributed by atoms with E-state index in [2.05, 4.69) is 86.6 Å². The number of halogens is 2. The van der Waals surface area contributed by atoms with Crippen LogP contribution < -0.4 is 5.32 Å². The van der Waals surface area contributed by atoms with Gasteiger partial charge in [0, 0.05) is 21.0 Å². The van der Waals surface area contributed by atoms with Gasteiger partial charge in [0.05, 0.1) is 0 Å². The molecule has 0 fully saturated rings. The Morgan fingerprint density at radius 3 is 2.50 bits per heavy atom. The Kier molecular flexibility index (Phi) is 4.29. The van der Waals surface area contributed by atoms with Crippen LogP contribution >= 0.6 is 31.9 Å². The Hall–Kier alpha value is -0.640. The smallest absolute Gasteiger partial charge is 0.0331 e. The Labute approximate surface area is 137 Å². The SMILES string of the molecule is C[C@@H](NC1CCc2cc(Br)ccc21)c1ccc(Br)cc1. The van der Waals surface area contributed by atoms with Gasteiger partial charge in [-0.2, -0.15) is 0 Å². The van der Waals surface area contributed by atoms with Crippen molar-refractivity contribution in [3.63, 3.8) is 0 Å². The number of rotatable bonds is 3. The summed E-state index contributed by atoms with van der Waals surface area (Å²) in [5.74, 6) is 0. The summed E-state index contributed by atoms with van der Waals surface area (Å²) in [6, 6.07) is 16.0. The predicted molar refractivity (Wildman–Crippen MR) is 90.9 cm³/mol. The maximum absolute atomic E-state index is 3.76. The summed E-state index contributed by atoms with van der Waals surface area (Å²) >= 11 is 7.04. The summed E-state index contributed by atoms with van der Waals surface area (Å²) < 4.78 is 2.31. The fraction of sp³-hybridized carbons (Fsp3) is 0.294. The molecule has 0 aromatic heterocycles. The molecule has 2 aromatic carbocycles. The quantitative estimate of drug-likeness (QED) is 0.719. The largest absolute Gasteiger partial charge is 0.303 e. The van der Waals surface area contributed by atoms with Crippen molar-refractivity contribution in [3.8, 4) is 0 Å². The minimum absolute atomic E-state index is 0.364. The normalized spacial score (nSPS) is 18.9. The highest BCUT2D eigenvalue weighted by atomic mass is 79.9. The van der Waals surface area contributed by atoms with Gasteiger partial charge in [0.1, 0.15) is 0 Å². The van der Waals surface area contributed by atoms with Gasteiger partial charge < -0.3 is 5.32 Å². The van der Waals surface area contributed by atoms with E-state index >= 15 is 0 Å². The predicted octanol–water partition coefficient (Wildman–Crippen LogP) is 5.55. The van der Waals surface area contributed by atoms with Crippen LogP contribution in [0.15, 0.2) is 51.4 Å². The molecule has 0 heterocycles. The van der Waals surface area contributed by atoms with Crippen LogP contribution in [0.2, 0.25) is 0 Å². The lowest BCUT2D eigenvalue weighted by Crippen LogP contribution is -2.22. The molecular formula is C17H17Br2N. The average molecular weight is 395 g/mol. The van der Waals surface area contributed by atoms with Crippen molar-refractivity contribution < 1.29 is 0 Å². The van der Waals surface area contributed by atoms with Gasteiger partial charge in [-0.25, -0.2) is 0 Å². The molecule has 2 aromatic rings. The Morgan fingerprint density at radius 2 is 1.75 bits per heavy atom. The first kappa shape index (κ1) is 14.3. The first-order valence-electron chi connectivity index (χ1n) is 6.93. The van der Waals surface area contributed by atoms with E-state index in [1.54, 1.807) is 0 Å². The summed E-state index contributed by atoms with van der Waals surface area (Å²) in [5.41, 5.74) is 4.26. The zero-order valence-corrected chi connectivity index (χ0v) is 14.5. The molecule has 3 rings (SSSR count). The highest BCUT2D eigenvalue weighted by Crippen LogP contribution is 2.34. The maximum atomic E-state index is 3.76. The number of hydrogen-bond donors (Lipinski definition) is 1. The third kappa shape index (κ3) is 3.00. The molecule has 0 saturated heterocycles. The highest BCUT2D eigenvalue weighted by Gasteiger charge is 2.23. The second-order valence-electron chi connectivity index (χ2n) is 5.37. The van der Waals surface area contributed by atoms with Crippen LogP contribution in [-0.4, -0.2) is 0 Å². The lowest BCUT2D eigenvalue weighted by Gasteiger charge is -2.21. The molecule has 0 spiro atoms. The topological polar surface area (TPSA) is 12.0 Å². The maximum Gasteiger partial charge on any atom is 0.0331 e. The Balaban J connectivity index is 1.75. The first-order valence-corrected chi connectivity index (χ1v) is 8.52. The second-order valence-corrected chi connectivity index (χ2v) is 7.21. The van der Waals surface area contributed by atoms with E-state index in [1.165, 1.54) is 34.0 Å². The molecule has 104 valence electrons. The van der Waals surface area contributed by atoms with Crippen molar-refractivity contribution >= 4 is 31.9 Å². The van der Waals surface area contributed by atoms with Crippen molar-refractivity contribution in [3.05, 3.63) is 68.1 Å². The zero-order chi connectivity index (χ0) is 14.1. The summed E-state index contributed by atoms with van der Waals surface area (Å²) in [5, 5.41) is 3.76. The minimum Gasteiger partial charge on any atom is -0.303 e. The summed E-state index contributed by atoms with van der Waals surface area (Å²) in [6.07, 6.45) is 2.35. The van der Waals surface area contributed by atoms with Gasteiger partial charge in [-0.15, -0.1) is 0 Å². The number of fused-ring (bicyclic) bond motifs is 1. The van der Waals surface area contributed by atoms with Gasteiger partial charge in [0.2, 0.25) is 0 Å². The molecule has 1 aliphatic carbocycles. The average Bonchev–Trinajstić information content (AvgIpc) is 2.81. The number of benzene rings is 2. The molecule has 1 N–H and O–H groups in total. The number of hydrogen-bond acceptors (Lipinski definition) is 1. The second kappa shape index (κ2) is 6.00. The fourth-order valence-corrected chi connectivity index (χ4v) is 3.58. The van der Waals surface area contributed by atoms with Crippen LogP contribution in [0, 0.1) is 0 Å². The minimum atomic E-state index is 0.364. The van der Waals surface area contributed by atoms with Crippen molar-refractivity contribution in [1.82, 2.24) is 5.32 Å². The van der Waals surface area contributed by atoms with Crippen LogP contribution in [0.5, 0.6) is 0 Å². The van der Waals surface area contributed by atoms with Crippen LogP contribution in [0.4, 0.5) is 0 Å². The molecule has 1 unspecified atom stereocenters. The molecule has 0 amide bonds. The summed E-state index contributed by atoms with van der Waals surface area (Å²) in [6.45, 7) is 2.24. The van der Waals surface area contributed by atoms with Crippen molar-refractivity contribution in [1.29, 1.82) is 0 Å². The molecule has 1 aliphatic rings. The van der Waals surface area contributed by atoms with E-state index in [1.807, 2.05) is 0 Å². The highest BCUT2D eigenvalue weighted by molar-refractivity contribution is 9.10. The zero-order valence-electron chi connectivity index (χ0n) is 11.4. The standard InChI is InChI=1S/C17H17Br2N/c1-11(12-2-5-14(18)6-3-12)20-17-9-4-13-10-15(19)7-8-16(13)17/h2-3,5-8,10-11,17,20H,4,9H2,1H3/t11-,17?/m1/s1. The van der Waals surface area contributed by atoms with Crippen molar-refractivity contribution in [2.45, 2.75) is 31.8 Å². The number of nitrogens with one attached hydrogen (secondary N) is 1. The van der Waals surface area contributed by atoms with Gasteiger partial charge in [-0.1, -0.05) is 50.1 Å². The van der Waals surface area contributed by atoms with Gasteiger partial charge in [0.15, 0.2) is 0 Å². The van der Waals surface area contributed by atoms with E-state index in [0.29, 0.717) is 12.1 Å². The van der Waals surface area contributed by atoms with Gasteiger partial charge >= 0.3 is 0 Å². The first-order chi connectivity index (χ1) is 9.63. The van der Waals surface area contributed by atoms with Gasteiger partial charge in [0.25, 0.3) is 0 Å². The van der Waals surface area contributed by atoms with Gasteiger partial charge in [-0.05, 0) is 60.7 Å². The third-order valence-electron chi connectivity index (χ3n) is 4.00. The van der Waals surface area contributed by atoms with E-state index in [9.17, 15) is 0 Å². The fourth-order valence-electron chi connectivity index (χ4n) is 2.91. The summed E-state index contributed by atoms with van der Waals surface area (Å²) in [7, 11) is 0. The van der Waals surface area contributed by atoms with Gasteiger partial charge in [-0.3, -0.25) is 0 Å².